The van der Waals surface area contributed by atoms with E-state index >= 15 is 0 Å². The van der Waals surface area contributed by atoms with Gasteiger partial charge in [-0.25, -0.2) is 0 Å². The van der Waals surface area contributed by atoms with Crippen LogP contribution >= 0.6 is 0 Å². The fraction of sp³-hybridized carbons (Fsp3) is 0.280. The molecule has 4 rings (SSSR count). The number of rotatable bonds is 5. The molecule has 144 valence electrons. The molecule has 0 radical (unpaired) electrons. The Labute approximate surface area is 174 Å². The van der Waals surface area contributed by atoms with Gasteiger partial charge in [0.1, 0.15) is 0 Å². The molecule has 28 heavy (non-hydrogen) atoms. The average Bonchev–Trinajstić information content (AvgIpc) is 2.79. The summed E-state index contributed by atoms with van der Waals surface area (Å²) in [5, 5.41) is 0. The minimum atomic E-state index is 0.508. The molecule has 2 atom stereocenters. The van der Waals surface area contributed by atoms with Crippen molar-refractivity contribution in [3.05, 3.63) is 95.6 Å². The topological polar surface area (TPSA) is 18.5 Å². The van der Waals surface area contributed by atoms with E-state index in [1.807, 2.05) is 0 Å². The molecule has 0 N–H and O–H groups in total. The first-order chi connectivity index (χ1) is 13.8. The number of hydrogen-bond donors (Lipinski definition) is 0. The Morgan fingerprint density at radius 1 is 0.607 bits per heavy atom. The van der Waals surface area contributed by atoms with Crippen LogP contribution in [0.3, 0.4) is 0 Å². The zero-order chi connectivity index (χ0) is 19.3. The summed E-state index contributed by atoms with van der Waals surface area (Å²) in [7, 11) is 3.45. The minimum absolute atomic E-state index is 0.508. The Morgan fingerprint density at radius 2 is 1.07 bits per heavy atom. The van der Waals surface area contributed by atoms with Gasteiger partial charge in [0.05, 0.1) is 0 Å². The third-order valence-electron chi connectivity index (χ3n) is 5.57. The summed E-state index contributed by atoms with van der Waals surface area (Å²) in [6.45, 7) is 0. The van der Waals surface area contributed by atoms with Gasteiger partial charge in [0.15, 0.2) is 0 Å². The first-order valence-electron chi connectivity index (χ1n) is 9.75. The standard InChI is InChI=1S/C25H26O2Se/c1-26-22-12-8-19(9-13-22)24-16-21(18-6-4-3-5-7-18)17-25(28-24)20-10-14-23(27-2)15-11-20/h3-15,21,24-25H,16-17H2,1-2H3. The molecule has 1 saturated heterocycles. The van der Waals surface area contributed by atoms with Crippen LogP contribution in [0.2, 0.25) is 0 Å². The van der Waals surface area contributed by atoms with E-state index in [0.29, 0.717) is 30.5 Å². The van der Waals surface area contributed by atoms with E-state index < -0.39 is 0 Å². The molecule has 0 spiro atoms. The second-order valence-corrected chi connectivity index (χ2v) is 10.2. The summed E-state index contributed by atoms with van der Waals surface area (Å²) in [6, 6.07) is 28.4. The van der Waals surface area contributed by atoms with E-state index in [-0.39, 0.29) is 0 Å². The maximum atomic E-state index is 5.35. The predicted octanol–water partition coefficient (Wildman–Crippen LogP) is 5.77. The molecule has 0 amide bonds. The van der Waals surface area contributed by atoms with Gasteiger partial charge in [-0.2, -0.15) is 0 Å². The van der Waals surface area contributed by atoms with Gasteiger partial charge in [-0.15, -0.1) is 0 Å². The monoisotopic (exact) mass is 438 g/mol. The number of ether oxygens (including phenoxy) is 2. The Hall–Kier alpha value is -2.22. The zero-order valence-electron chi connectivity index (χ0n) is 16.4. The summed E-state index contributed by atoms with van der Waals surface area (Å²) < 4.78 is 10.7. The van der Waals surface area contributed by atoms with Crippen LogP contribution in [0.15, 0.2) is 78.9 Å². The molecule has 1 fully saturated rings. The summed E-state index contributed by atoms with van der Waals surface area (Å²) in [5.41, 5.74) is 4.36. The van der Waals surface area contributed by atoms with Crippen LogP contribution < -0.4 is 9.47 Å². The Bertz CT molecular complexity index is 819. The van der Waals surface area contributed by atoms with Crippen molar-refractivity contribution in [2.24, 2.45) is 0 Å². The van der Waals surface area contributed by atoms with E-state index in [1.54, 1.807) is 14.2 Å². The van der Waals surface area contributed by atoms with Crippen LogP contribution in [-0.4, -0.2) is 29.2 Å². The Balaban J connectivity index is 1.63. The molecule has 0 aromatic heterocycles. The molecule has 3 aromatic rings. The van der Waals surface area contributed by atoms with E-state index in [1.165, 1.54) is 29.5 Å². The van der Waals surface area contributed by atoms with Gasteiger partial charge in [-0.05, 0) is 0 Å². The average molecular weight is 437 g/mol. The fourth-order valence-electron chi connectivity index (χ4n) is 3.99. The molecule has 3 aromatic carbocycles. The first kappa shape index (κ1) is 19.1. The molecule has 1 heterocycles. The predicted molar refractivity (Wildman–Crippen MR) is 116 cm³/mol. The zero-order valence-corrected chi connectivity index (χ0v) is 18.1. The molecule has 1 aliphatic heterocycles. The van der Waals surface area contributed by atoms with Gasteiger partial charge >= 0.3 is 174 Å². The van der Waals surface area contributed by atoms with Crippen LogP contribution in [0.5, 0.6) is 11.5 Å². The Morgan fingerprint density at radius 3 is 1.50 bits per heavy atom. The number of hydrogen-bond acceptors (Lipinski definition) is 2. The Kier molecular flexibility index (Phi) is 6.04. The third kappa shape index (κ3) is 4.27. The van der Waals surface area contributed by atoms with E-state index in [2.05, 4.69) is 78.9 Å². The third-order valence-corrected chi connectivity index (χ3v) is 8.90. The quantitative estimate of drug-likeness (QED) is 0.472. The van der Waals surface area contributed by atoms with Crippen LogP contribution in [0.4, 0.5) is 0 Å². The van der Waals surface area contributed by atoms with Gasteiger partial charge in [-0.3, -0.25) is 0 Å². The molecular weight excluding hydrogens is 411 g/mol. The molecule has 3 heteroatoms. The van der Waals surface area contributed by atoms with Crippen molar-refractivity contribution in [2.45, 2.75) is 28.4 Å². The number of methoxy groups -OCH3 is 2. The van der Waals surface area contributed by atoms with Gasteiger partial charge in [0, 0.05) is 0 Å². The molecule has 0 bridgehead atoms. The van der Waals surface area contributed by atoms with E-state index in [9.17, 15) is 0 Å². The SMILES string of the molecule is COc1ccc(C2CC(c3ccccc3)CC(c3ccc(OC)cc3)[Se]2)cc1. The fourth-order valence-corrected chi connectivity index (χ4v) is 7.58. The second kappa shape index (κ2) is 8.85. The molecule has 1 aliphatic rings. The van der Waals surface area contributed by atoms with Crippen molar-refractivity contribution in [3.63, 3.8) is 0 Å². The van der Waals surface area contributed by atoms with Crippen molar-refractivity contribution >= 4 is 15.0 Å². The number of benzene rings is 3. The van der Waals surface area contributed by atoms with Gasteiger partial charge in [0.2, 0.25) is 0 Å². The summed E-state index contributed by atoms with van der Waals surface area (Å²) in [5.74, 6) is 2.45. The van der Waals surface area contributed by atoms with E-state index in [0.717, 1.165) is 11.5 Å². The van der Waals surface area contributed by atoms with E-state index in [4.69, 9.17) is 9.47 Å². The van der Waals surface area contributed by atoms with Gasteiger partial charge < -0.3 is 0 Å². The summed E-state index contributed by atoms with van der Waals surface area (Å²) >= 11 is 0.508. The maximum absolute atomic E-state index is 5.35. The van der Waals surface area contributed by atoms with Gasteiger partial charge in [-0.1, -0.05) is 0 Å². The van der Waals surface area contributed by atoms with Crippen molar-refractivity contribution in [1.82, 2.24) is 0 Å². The molecule has 0 saturated carbocycles. The van der Waals surface area contributed by atoms with Crippen molar-refractivity contribution in [1.29, 1.82) is 0 Å². The summed E-state index contributed by atoms with van der Waals surface area (Å²) in [4.78, 5) is 1.23. The normalized spacial score (nSPS) is 21.9. The van der Waals surface area contributed by atoms with Crippen LogP contribution in [-0.2, 0) is 0 Å². The first-order valence-corrected chi connectivity index (χ1v) is 11.7. The van der Waals surface area contributed by atoms with Crippen molar-refractivity contribution in [3.8, 4) is 11.5 Å². The second-order valence-electron chi connectivity index (χ2n) is 7.24. The molecule has 0 aliphatic carbocycles. The molecule has 2 nitrogen and oxygen atoms in total. The van der Waals surface area contributed by atoms with Crippen LogP contribution in [0.1, 0.15) is 45.1 Å². The molecular formula is C25H26O2Se. The summed E-state index contributed by atoms with van der Waals surface area (Å²) in [6.07, 6.45) is 2.45. The molecule has 2 unspecified atom stereocenters. The van der Waals surface area contributed by atoms with Crippen LogP contribution in [0, 0.1) is 0 Å². The van der Waals surface area contributed by atoms with Crippen molar-refractivity contribution in [2.75, 3.05) is 14.2 Å². The van der Waals surface area contributed by atoms with Crippen molar-refractivity contribution < 1.29 is 9.47 Å². The van der Waals surface area contributed by atoms with Crippen LogP contribution in [0.25, 0.3) is 0 Å². The van der Waals surface area contributed by atoms with Gasteiger partial charge in [0.25, 0.3) is 0 Å².